The fraction of sp³-hybridized carbons (Fsp3) is 0.366. The number of carboxylic acid groups (broad SMARTS) is 1. The van der Waals surface area contributed by atoms with Crippen molar-refractivity contribution in [2.24, 2.45) is 9.98 Å². The Morgan fingerprint density at radius 1 is 0.466 bits per heavy atom. The zero-order valence-corrected chi connectivity index (χ0v) is 81.9. The molecule has 131 heavy (non-hydrogen) atoms. The summed E-state index contributed by atoms with van der Waals surface area (Å²) < 4.78 is 56.5. The minimum absolute atomic E-state index is 0. The Morgan fingerprint density at radius 3 is 1.49 bits per heavy atom. The number of hydrogen-bond acceptors (Lipinski definition) is 23. The zero-order valence-electron chi connectivity index (χ0n) is 72.4. The van der Waals surface area contributed by atoms with E-state index in [2.05, 4.69) is 194 Å². The number of rotatable bonds is 11. The van der Waals surface area contributed by atoms with Crippen LogP contribution in [-0.2, 0) is 107 Å². The van der Waals surface area contributed by atoms with Crippen LogP contribution in [0.2, 0.25) is 20.1 Å². The molecule has 10 aliphatic heterocycles. The molecule has 1 aliphatic carbocycles. The highest BCUT2D eigenvalue weighted by Crippen LogP contribution is 2.48. The van der Waals surface area contributed by atoms with E-state index in [-0.39, 0.29) is 66.9 Å². The second kappa shape index (κ2) is 47.2. The lowest BCUT2D eigenvalue weighted by atomic mass is 9.68. The normalized spacial score (nSPS) is 21.1. The molecule has 0 spiro atoms. The number of benzene rings is 6. The summed E-state index contributed by atoms with van der Waals surface area (Å²) in [5.41, 5.74) is 23.0. The number of carbonyl (C=O) groups is 2. The second-order valence-corrected chi connectivity index (χ2v) is 41.0. The molecule has 0 saturated carbocycles. The summed E-state index contributed by atoms with van der Waals surface area (Å²) in [6, 6.07) is 54.9. The summed E-state index contributed by atoms with van der Waals surface area (Å²) in [5.74, 6) is -0.833. The van der Waals surface area contributed by atoms with Crippen molar-refractivity contribution in [2.75, 3.05) is 98.8 Å². The molecular weight excluding hydrogens is 1920 g/mol. The summed E-state index contributed by atoms with van der Waals surface area (Å²) in [6.45, 7) is 19.5. The van der Waals surface area contributed by atoms with Crippen LogP contribution in [-0.4, -0.2) is 134 Å². The van der Waals surface area contributed by atoms with E-state index in [1.54, 1.807) is 56.7 Å². The van der Waals surface area contributed by atoms with Crippen molar-refractivity contribution < 1.29 is 67.5 Å². The first-order valence-corrected chi connectivity index (χ1v) is 50.9. The van der Waals surface area contributed by atoms with E-state index < -0.39 is 5.97 Å². The molecular formula is C101H108BrCl4N5O14S6. The molecule has 11 aliphatic rings. The number of aliphatic imine (C=N–C) groups is 2. The fourth-order valence-electron chi connectivity index (χ4n) is 17.6. The number of nitrogens with one attached hydrogen (secondary N) is 3. The largest absolute Gasteiger partial charge is 0.481 e. The van der Waals surface area contributed by atoms with Crippen molar-refractivity contribution >= 4 is 155 Å². The summed E-state index contributed by atoms with van der Waals surface area (Å²) in [7, 11) is 0. The predicted molar refractivity (Wildman–Crippen MR) is 534 cm³/mol. The van der Waals surface area contributed by atoms with Gasteiger partial charge in [0.15, 0.2) is 37.7 Å². The maximum atomic E-state index is 10.8. The topological polar surface area (TPSA) is 239 Å². The van der Waals surface area contributed by atoms with Gasteiger partial charge in [-0.25, -0.2) is 0 Å². The van der Waals surface area contributed by atoms with Gasteiger partial charge in [0.2, 0.25) is 0 Å². The van der Waals surface area contributed by atoms with Crippen molar-refractivity contribution in [3.8, 4) is 0 Å². The first-order chi connectivity index (χ1) is 62.7. The van der Waals surface area contributed by atoms with Gasteiger partial charge in [-0.15, -0.1) is 68.0 Å². The highest BCUT2D eigenvalue weighted by Gasteiger charge is 2.39. The number of aliphatic carboxylic acids is 1. The predicted octanol–water partition coefficient (Wildman–Crippen LogP) is 23.6. The number of carbonyl (C=O) groups excluding carboxylic acids is 1. The van der Waals surface area contributed by atoms with Gasteiger partial charge in [-0.05, 0) is 271 Å². The van der Waals surface area contributed by atoms with E-state index >= 15 is 0 Å². The van der Waals surface area contributed by atoms with Gasteiger partial charge in [0, 0.05) is 97.7 Å². The molecule has 5 fully saturated rings. The second-order valence-electron chi connectivity index (χ2n) is 32.7. The number of aryl methyl sites for hydroxylation is 1. The number of aldehydes is 1. The van der Waals surface area contributed by atoms with E-state index in [9.17, 15) is 4.79 Å². The average Bonchev–Trinajstić information content (AvgIpc) is 1.70. The van der Waals surface area contributed by atoms with E-state index in [0.29, 0.717) is 66.1 Å². The third-order valence-electron chi connectivity index (χ3n) is 24.1. The molecule has 4 atom stereocenters. The number of hydrogen-bond donors (Lipinski definition) is 4. The third kappa shape index (κ3) is 24.7. The Kier molecular flexibility index (Phi) is 36.1. The van der Waals surface area contributed by atoms with Gasteiger partial charge < -0.3 is 73.9 Å². The minimum atomic E-state index is -0.833. The van der Waals surface area contributed by atoms with E-state index in [4.69, 9.17) is 109 Å². The molecule has 30 heteroatoms. The lowest BCUT2D eigenvalue weighted by Crippen LogP contribution is -2.45. The molecule has 4 unspecified atom stereocenters. The summed E-state index contributed by atoms with van der Waals surface area (Å²) in [5, 5.41) is 34.4. The molecule has 0 amide bonds. The van der Waals surface area contributed by atoms with E-state index in [0.717, 1.165) is 157 Å². The molecule has 0 radical (unpaired) electrons. The minimum Gasteiger partial charge on any atom is -0.481 e. The third-order valence-corrected chi connectivity index (χ3v) is 31.5. The van der Waals surface area contributed by atoms with Crippen molar-refractivity contribution in [1.29, 1.82) is 0 Å². The number of thiophene rings is 6. The van der Waals surface area contributed by atoms with Gasteiger partial charge in [-0.3, -0.25) is 19.6 Å². The summed E-state index contributed by atoms with van der Waals surface area (Å²) >= 11 is 37.7. The lowest BCUT2D eigenvalue weighted by molar-refractivity contribution is -0.134. The van der Waals surface area contributed by atoms with E-state index in [1.165, 1.54) is 106 Å². The summed E-state index contributed by atoms with van der Waals surface area (Å²) in [4.78, 5) is 35.2. The van der Waals surface area contributed by atoms with Crippen LogP contribution in [0.25, 0.3) is 0 Å². The number of carboxylic acids is 1. The molecule has 0 bridgehead atoms. The maximum absolute atomic E-state index is 10.8. The monoisotopic (exact) mass is 2030 g/mol. The van der Waals surface area contributed by atoms with Gasteiger partial charge in [0.1, 0.15) is 0 Å². The van der Waals surface area contributed by atoms with Gasteiger partial charge in [0.25, 0.3) is 5.97 Å². The molecule has 692 valence electrons. The molecule has 6 aromatic carbocycles. The van der Waals surface area contributed by atoms with Crippen LogP contribution >= 0.6 is 130 Å². The first kappa shape index (κ1) is 100. The van der Waals surface area contributed by atoms with Gasteiger partial charge >= 0.3 is 0 Å². The van der Waals surface area contributed by atoms with Crippen LogP contribution in [0.1, 0.15) is 214 Å². The van der Waals surface area contributed by atoms with Crippen molar-refractivity contribution in [1.82, 2.24) is 16.0 Å². The van der Waals surface area contributed by atoms with Crippen molar-refractivity contribution in [2.45, 2.75) is 140 Å². The fourth-order valence-corrected chi connectivity index (χ4v) is 24.4. The van der Waals surface area contributed by atoms with Crippen LogP contribution < -0.4 is 16.0 Å². The SMILES string of the molecule is Brc1csc(C2OCCO2)c1.C.CC(=O)O.CC1(c2csc(C3OCCO3)c2)CCCc2ccc(Cl)cc21.CC1(c2csc(C3OCCO3)c2)NCCc2ccccc21.CC1(c2csc(C=O)c2)NCCc2ccccc21.Clc1ccc2c(c1)C(c1csc(C3OCCO3)c1)=NCC2.Clc1ccc2c(c1)C(c1csc(C3OCCO3)c1)NCC2.Clc1ccc2c(c1)C=NCC2.O. The van der Waals surface area contributed by atoms with Gasteiger partial charge in [-0.1, -0.05) is 134 Å². The molecule has 23 rings (SSSR count). The average molecular weight is 2030 g/mol. The smallest absolute Gasteiger partial charge is 0.300 e. The van der Waals surface area contributed by atoms with E-state index in [1.807, 2.05) is 60.1 Å². The number of fused-ring (bicyclic) bond motifs is 6. The zero-order chi connectivity index (χ0) is 89.4. The van der Waals surface area contributed by atoms with Gasteiger partial charge in [0.05, 0.1) is 118 Å². The Bertz CT molecular complexity index is 5860. The highest BCUT2D eigenvalue weighted by molar-refractivity contribution is 9.10. The number of ether oxygens (including phenoxy) is 10. The molecule has 5 saturated heterocycles. The van der Waals surface area contributed by atoms with Gasteiger partial charge in [-0.2, -0.15) is 0 Å². The summed E-state index contributed by atoms with van der Waals surface area (Å²) in [6.07, 6.45) is 10.7. The lowest BCUT2D eigenvalue weighted by Gasteiger charge is -2.37. The number of nitrogens with zero attached hydrogens (tertiary/aromatic N) is 2. The van der Waals surface area contributed by atoms with Crippen LogP contribution in [0, 0.1) is 0 Å². The van der Waals surface area contributed by atoms with Crippen molar-refractivity contribution in [3.63, 3.8) is 0 Å². The Morgan fingerprint density at radius 2 is 0.916 bits per heavy atom. The Balaban J connectivity index is 0.000000123. The molecule has 16 heterocycles. The van der Waals surface area contributed by atoms with Crippen LogP contribution in [0.5, 0.6) is 0 Å². The highest BCUT2D eigenvalue weighted by atomic mass is 79.9. The first-order valence-electron chi connectivity index (χ1n) is 43.3. The van der Waals surface area contributed by atoms with Crippen molar-refractivity contribution in [3.05, 3.63) is 338 Å². The number of halogens is 5. The Labute approximate surface area is 818 Å². The van der Waals surface area contributed by atoms with Crippen LogP contribution in [0.15, 0.2) is 204 Å². The van der Waals surface area contributed by atoms with Crippen LogP contribution in [0.4, 0.5) is 0 Å². The molecule has 6 aromatic heterocycles. The standard InChI is InChI=1S/C18H19ClO2S.C17H19NO2S.C16H16ClNO2S.C16H14ClNO2S.C15H15NOS.C9H8ClN.C7H7BrO2S.C2H4O2.CH4.H2O/c1-18(6-2-3-12-4-5-14(19)10-15(12)18)13-9-16(22-11-13)17-20-7-8-21-17;1-17(14-5-3-2-4-12(14)6-7-18-17)13-10-15(21-11-13)16-19-8-9-20-16;2*17-12-2-1-10-3-4-18-15(13(10)8-12)11-7-14(21-9-11)16-19-5-6-20-16;1-15(12-8-13(9-17)18-10-12)14-5-3-2-4-11(14)6-7-16-15;10-9-2-1-7-3-4-11-6-8(7)5-9;8-5-3-6(11-4-5)7-9-1-2-10-7;1-2(3)4;;/h4-5,9-11,17H,2-3,6-8H2,1H3;2-5,10-11,16,18H,6-9H2,1H3;1-2,7-9,15-16,18H,3-6H2;1-2,7-9,16H,3-6H2;2-5,8-10,16H,6-7H2,1H3;1-2,5-6H,3-4H2;3-4,7H,1-2H2;1H3,(H,3,4);1H4;1H2. The van der Waals surface area contributed by atoms with Crippen LogP contribution in [0.3, 0.4) is 0 Å². The maximum Gasteiger partial charge on any atom is 0.300 e. The molecule has 12 aromatic rings. The quantitative estimate of drug-likeness (QED) is 0.0881. The molecule has 6 N–H and O–H groups in total. The molecule has 19 nitrogen and oxygen atoms in total. The Hall–Kier alpha value is -6.92.